The van der Waals surface area contributed by atoms with Crippen LogP contribution in [0.4, 0.5) is 8.78 Å². The number of hydrogen-bond acceptors (Lipinski definition) is 6. The third kappa shape index (κ3) is 3.58. The largest absolute Gasteiger partial charge is 0.503 e. The average molecular weight is 484 g/mol. The van der Waals surface area contributed by atoms with Gasteiger partial charge in [0, 0.05) is 43.4 Å². The molecule has 0 radical (unpaired) electrons. The molecule has 0 saturated carbocycles. The average Bonchev–Trinajstić information content (AvgIpc) is 3.14. The molecule has 11 heteroatoms. The molecule has 2 bridgehead atoms. The number of rotatable bonds is 3. The number of nitrogens with zero attached hydrogens (tertiary/aromatic N) is 3. The molecular weight excluding hydrogens is 462 g/mol. The molecule has 182 valence electrons. The van der Waals surface area contributed by atoms with E-state index in [0.717, 1.165) is 11.8 Å². The normalized spacial score (nSPS) is 24.6. The van der Waals surface area contributed by atoms with Crippen molar-refractivity contribution in [1.82, 2.24) is 14.8 Å². The van der Waals surface area contributed by atoms with Gasteiger partial charge in [-0.15, -0.1) is 0 Å². The second-order valence-electron chi connectivity index (χ2n) is 9.02. The highest BCUT2D eigenvalue weighted by atomic mass is 19.1. The fourth-order valence-corrected chi connectivity index (χ4v) is 4.82. The molecule has 2 aromatic rings. The van der Waals surface area contributed by atoms with Crippen molar-refractivity contribution in [1.29, 1.82) is 0 Å². The summed E-state index contributed by atoms with van der Waals surface area (Å²) in [5.41, 5.74) is -1.93. The molecule has 0 aliphatic carbocycles. The lowest BCUT2D eigenvalue weighted by molar-refractivity contribution is -0.0316. The lowest BCUT2D eigenvalue weighted by Crippen LogP contribution is -2.52. The van der Waals surface area contributed by atoms with Gasteiger partial charge in [-0.1, -0.05) is 17.3 Å². The fraction of sp³-hybridized carbons (Fsp3) is 0.333. The van der Waals surface area contributed by atoms with E-state index in [4.69, 9.17) is 4.84 Å². The van der Waals surface area contributed by atoms with Crippen LogP contribution in [0.3, 0.4) is 0 Å². The lowest BCUT2D eigenvalue weighted by atomic mass is 9.87. The number of carbonyl (C=O) groups excluding carboxylic acids is 2. The van der Waals surface area contributed by atoms with Crippen LogP contribution >= 0.6 is 0 Å². The number of oxime groups is 1. The van der Waals surface area contributed by atoms with Gasteiger partial charge >= 0.3 is 0 Å². The Kier molecular flexibility index (Phi) is 5.22. The van der Waals surface area contributed by atoms with Gasteiger partial charge in [-0.3, -0.25) is 14.4 Å². The number of nitrogens with one attached hydrogen (secondary N) is 1. The van der Waals surface area contributed by atoms with Crippen molar-refractivity contribution in [2.45, 2.75) is 44.5 Å². The maximum atomic E-state index is 14.0. The summed E-state index contributed by atoms with van der Waals surface area (Å²) in [5, 5.41) is 17.3. The highest BCUT2D eigenvalue weighted by Gasteiger charge is 2.51. The third-order valence-corrected chi connectivity index (χ3v) is 6.69. The third-order valence-electron chi connectivity index (χ3n) is 6.69. The van der Waals surface area contributed by atoms with Crippen molar-refractivity contribution in [3.8, 4) is 5.75 Å². The molecule has 0 saturated heterocycles. The summed E-state index contributed by atoms with van der Waals surface area (Å²) < 4.78 is 28.5. The first kappa shape index (κ1) is 22.8. The molecule has 3 atom stereocenters. The van der Waals surface area contributed by atoms with E-state index in [2.05, 4.69) is 10.5 Å². The molecule has 35 heavy (non-hydrogen) atoms. The number of pyridine rings is 1. The van der Waals surface area contributed by atoms with Crippen LogP contribution in [0.25, 0.3) is 0 Å². The molecular formula is C24H22F2N4O5. The van der Waals surface area contributed by atoms with E-state index >= 15 is 0 Å². The molecule has 9 nitrogen and oxygen atoms in total. The Balaban J connectivity index is 1.56. The quantitative estimate of drug-likeness (QED) is 0.649. The number of amides is 2. The number of fused-ring (bicyclic) bond motifs is 5. The van der Waals surface area contributed by atoms with Crippen LogP contribution in [0, 0.1) is 11.6 Å². The second kappa shape index (κ2) is 8.03. The molecule has 1 spiro atoms. The summed E-state index contributed by atoms with van der Waals surface area (Å²) >= 11 is 0. The summed E-state index contributed by atoms with van der Waals surface area (Å²) in [6, 6.07) is 1.99. The van der Waals surface area contributed by atoms with Crippen LogP contribution in [0.1, 0.15) is 52.7 Å². The van der Waals surface area contributed by atoms with Gasteiger partial charge in [0.25, 0.3) is 11.8 Å². The molecule has 3 aliphatic rings. The minimum Gasteiger partial charge on any atom is -0.503 e. The van der Waals surface area contributed by atoms with Crippen molar-refractivity contribution < 1.29 is 28.3 Å². The van der Waals surface area contributed by atoms with E-state index in [1.165, 1.54) is 21.7 Å². The van der Waals surface area contributed by atoms with E-state index in [1.54, 1.807) is 6.92 Å². The maximum Gasteiger partial charge on any atom is 0.275 e. The van der Waals surface area contributed by atoms with Gasteiger partial charge < -0.3 is 24.7 Å². The van der Waals surface area contributed by atoms with Crippen LogP contribution in [0.2, 0.25) is 0 Å². The van der Waals surface area contributed by atoms with E-state index in [9.17, 15) is 28.3 Å². The highest BCUT2D eigenvalue weighted by molar-refractivity contribution is 5.99. The van der Waals surface area contributed by atoms with Crippen LogP contribution < -0.4 is 10.7 Å². The van der Waals surface area contributed by atoms with Gasteiger partial charge in [-0.05, 0) is 26.0 Å². The smallest absolute Gasteiger partial charge is 0.275 e. The summed E-state index contributed by atoms with van der Waals surface area (Å²) in [4.78, 5) is 46.4. The first-order valence-electron chi connectivity index (χ1n) is 11.0. The number of hydrogen-bond donors (Lipinski definition) is 2. The number of carbonyl (C=O) groups is 2. The molecule has 2 N–H and O–H groups in total. The van der Waals surface area contributed by atoms with Crippen molar-refractivity contribution in [2.75, 3.05) is 6.54 Å². The van der Waals surface area contributed by atoms with Crippen molar-refractivity contribution in [3.63, 3.8) is 0 Å². The highest BCUT2D eigenvalue weighted by Crippen LogP contribution is 2.43. The summed E-state index contributed by atoms with van der Waals surface area (Å²) in [6.07, 6.45) is 5.28. The van der Waals surface area contributed by atoms with Gasteiger partial charge in [0.15, 0.2) is 17.0 Å². The topological polar surface area (TPSA) is 113 Å². The van der Waals surface area contributed by atoms with Gasteiger partial charge in [-0.2, -0.15) is 0 Å². The fourth-order valence-electron chi connectivity index (χ4n) is 4.82. The Morgan fingerprint density at radius 1 is 1.34 bits per heavy atom. The zero-order chi connectivity index (χ0) is 25.1. The Morgan fingerprint density at radius 3 is 2.80 bits per heavy atom. The van der Waals surface area contributed by atoms with E-state index in [0.29, 0.717) is 12.5 Å². The molecule has 0 unspecified atom stereocenters. The molecule has 5 rings (SSSR count). The Hall–Kier alpha value is -4.02. The maximum absolute atomic E-state index is 14.0. The van der Waals surface area contributed by atoms with Crippen molar-refractivity contribution >= 4 is 17.5 Å². The van der Waals surface area contributed by atoms with E-state index < -0.39 is 51.8 Å². The number of halogens is 2. The van der Waals surface area contributed by atoms with Crippen molar-refractivity contribution in [2.24, 2.45) is 5.16 Å². The standard InChI is InChI=1S/C24H22F2N4O5/c1-12-8-24(35-28-12)6-5-13(2)29-11-18(24)30-10-16(20(31)21(32)19(30)23(29)34)22(33)27-9-14-3-4-15(25)7-17(14)26/h3-7,10,13,18,32H,8-9,11H2,1-2H3,(H,27,33)/t13-,18-,24+/m1/s1. The summed E-state index contributed by atoms with van der Waals surface area (Å²) in [7, 11) is 0. The summed E-state index contributed by atoms with van der Waals surface area (Å²) in [5.74, 6) is -3.91. The zero-order valence-electron chi connectivity index (χ0n) is 18.9. The molecule has 2 amide bonds. The number of aromatic hydroxyl groups is 1. The van der Waals surface area contributed by atoms with Gasteiger partial charge in [0.2, 0.25) is 5.43 Å². The van der Waals surface area contributed by atoms with E-state index in [-0.39, 0.29) is 30.4 Å². The van der Waals surface area contributed by atoms with Gasteiger partial charge in [0.1, 0.15) is 17.2 Å². The number of benzene rings is 1. The van der Waals surface area contributed by atoms with E-state index in [1.807, 2.05) is 19.1 Å². The molecule has 1 aromatic carbocycles. The second-order valence-corrected chi connectivity index (χ2v) is 9.02. The molecule has 3 aliphatic heterocycles. The molecule has 0 fully saturated rings. The van der Waals surface area contributed by atoms with Crippen LogP contribution in [0.15, 0.2) is 46.5 Å². The first-order valence-corrected chi connectivity index (χ1v) is 11.0. The van der Waals surface area contributed by atoms with Crippen molar-refractivity contribution in [3.05, 3.63) is 75.2 Å². The Morgan fingerprint density at radius 2 is 2.11 bits per heavy atom. The summed E-state index contributed by atoms with van der Waals surface area (Å²) in [6.45, 7) is 3.50. The first-order chi connectivity index (χ1) is 16.6. The van der Waals surface area contributed by atoms with Gasteiger partial charge in [0.05, 0.1) is 11.8 Å². The molecule has 4 heterocycles. The van der Waals surface area contributed by atoms with Crippen LogP contribution in [0.5, 0.6) is 5.75 Å². The number of aromatic nitrogens is 1. The Labute approximate surface area is 198 Å². The Bertz CT molecular complexity index is 1380. The predicted molar refractivity (Wildman–Crippen MR) is 120 cm³/mol. The zero-order valence-corrected chi connectivity index (χ0v) is 18.9. The minimum absolute atomic E-state index is 0.0154. The van der Waals surface area contributed by atoms with Crippen LogP contribution in [-0.4, -0.2) is 50.3 Å². The SMILES string of the molecule is CC1=NO[C@@]2(C=C[C@@H](C)N3C[C@H]2n2cc(C(=O)NCc4ccc(F)cc4F)c(=O)c(O)c2C3=O)C1. The lowest BCUT2D eigenvalue weighted by Gasteiger charge is -2.41. The monoisotopic (exact) mass is 484 g/mol. The van der Waals surface area contributed by atoms with Gasteiger partial charge in [-0.25, -0.2) is 8.78 Å². The van der Waals surface area contributed by atoms with Crippen LogP contribution in [-0.2, 0) is 11.4 Å². The minimum atomic E-state index is -1.03. The predicted octanol–water partition coefficient (Wildman–Crippen LogP) is 2.25. The molecule has 1 aromatic heterocycles.